The van der Waals surface area contributed by atoms with Gasteiger partial charge < -0.3 is 20.3 Å². The van der Waals surface area contributed by atoms with E-state index in [1.54, 1.807) is 24.6 Å². The van der Waals surface area contributed by atoms with Gasteiger partial charge >= 0.3 is 0 Å². The molecule has 6 aromatic rings. The highest BCUT2D eigenvalue weighted by Crippen LogP contribution is 2.34. The fourth-order valence-corrected chi connectivity index (χ4v) is 6.89. The van der Waals surface area contributed by atoms with Crippen LogP contribution < -0.4 is 10.6 Å². The van der Waals surface area contributed by atoms with E-state index in [1.807, 2.05) is 93.7 Å². The number of ether oxygens (including phenoxy) is 1. The number of benzene rings is 2. The molecule has 2 amide bonds. The number of carbonyl (C=O) groups excluding carboxylic acids is 2. The lowest BCUT2D eigenvalue weighted by Gasteiger charge is -2.32. The maximum Gasteiger partial charge on any atom is 0.248 e. The lowest BCUT2D eigenvalue weighted by molar-refractivity contribution is -0.136. The minimum Gasteiger partial charge on any atom is -0.375 e. The van der Waals surface area contributed by atoms with Crippen molar-refractivity contribution in [3.05, 3.63) is 113 Å². The number of piperidine rings is 1. The summed E-state index contributed by atoms with van der Waals surface area (Å²) in [6.07, 6.45) is 5.86. The van der Waals surface area contributed by atoms with Gasteiger partial charge in [0.1, 0.15) is 12.3 Å². The van der Waals surface area contributed by atoms with E-state index in [0.29, 0.717) is 29.7 Å². The third-order valence-electron chi connectivity index (χ3n) is 8.49. The molecule has 0 aliphatic carbocycles. The Morgan fingerprint density at radius 3 is 2.62 bits per heavy atom. The maximum atomic E-state index is 12.7. The van der Waals surface area contributed by atoms with Gasteiger partial charge in [0.15, 0.2) is 0 Å². The van der Waals surface area contributed by atoms with E-state index in [2.05, 4.69) is 27.8 Å². The van der Waals surface area contributed by atoms with Gasteiger partial charge in [-0.2, -0.15) is 0 Å². The molecule has 0 unspecified atom stereocenters. The zero-order valence-corrected chi connectivity index (χ0v) is 27.3. The number of imidazole rings is 1. The van der Waals surface area contributed by atoms with Gasteiger partial charge in [-0.3, -0.25) is 14.0 Å². The summed E-state index contributed by atoms with van der Waals surface area (Å²) in [6, 6.07) is 27.8. The van der Waals surface area contributed by atoms with Crippen molar-refractivity contribution in [3.63, 3.8) is 0 Å². The number of fused-ring (bicyclic) bond motifs is 1. The van der Waals surface area contributed by atoms with Crippen LogP contribution in [0.4, 0.5) is 17.3 Å². The first-order chi connectivity index (χ1) is 23.5. The summed E-state index contributed by atoms with van der Waals surface area (Å²) < 4.78 is 7.05. The van der Waals surface area contributed by atoms with Gasteiger partial charge in [-0.05, 0) is 78.2 Å². The van der Waals surface area contributed by atoms with Gasteiger partial charge in [-0.1, -0.05) is 36.4 Å². The largest absolute Gasteiger partial charge is 0.375 e. The van der Waals surface area contributed by atoms with E-state index in [4.69, 9.17) is 14.7 Å². The first kappa shape index (κ1) is 31.2. The summed E-state index contributed by atoms with van der Waals surface area (Å²) in [5, 5.41) is 8.41. The number of nitrogens with zero attached hydrogens (tertiary/aromatic N) is 5. The highest BCUT2D eigenvalue weighted by atomic mass is 32.1. The van der Waals surface area contributed by atoms with Crippen LogP contribution in [0.5, 0.6) is 0 Å². The molecule has 0 radical (unpaired) electrons. The predicted octanol–water partition coefficient (Wildman–Crippen LogP) is 6.80. The van der Waals surface area contributed by atoms with Crippen LogP contribution in [-0.2, 0) is 20.7 Å². The average Bonchev–Trinajstić information content (AvgIpc) is 3.77. The van der Waals surface area contributed by atoms with E-state index in [-0.39, 0.29) is 18.4 Å². The standard InChI is InChI=1S/C37H35N7O3S/c1-47-24-34(46)43-18-14-25(15-19-43)26-7-4-10-29(21-26)40-37-38-16-13-31(41-37)36-35(42-32-12-2-3-17-44(32)36)27-8-5-9-28(22-27)39-33(45)23-30-11-6-20-48-30/h2-13,16-17,20-22,25H,14-15,18-19,23-24H2,1H3,(H,39,45)(H,38,40,41). The van der Waals surface area contributed by atoms with E-state index in [0.717, 1.165) is 59.1 Å². The number of carbonyl (C=O) groups is 2. The molecule has 1 saturated heterocycles. The summed E-state index contributed by atoms with van der Waals surface area (Å²) in [6.45, 7) is 1.57. The van der Waals surface area contributed by atoms with Gasteiger partial charge in [-0.25, -0.2) is 15.0 Å². The quantitative estimate of drug-likeness (QED) is 0.167. The van der Waals surface area contributed by atoms with Crippen molar-refractivity contribution in [2.24, 2.45) is 0 Å². The van der Waals surface area contributed by atoms with Gasteiger partial charge in [0.05, 0.1) is 23.5 Å². The van der Waals surface area contributed by atoms with Crippen LogP contribution in [0, 0.1) is 0 Å². The molecule has 11 heteroatoms. The molecule has 0 spiro atoms. The summed E-state index contributed by atoms with van der Waals surface area (Å²) in [5.41, 5.74) is 6.74. The number of pyridine rings is 1. The van der Waals surface area contributed by atoms with E-state index < -0.39 is 0 Å². The van der Waals surface area contributed by atoms with Crippen LogP contribution in [0.25, 0.3) is 28.3 Å². The number of rotatable bonds is 10. The first-order valence-corrected chi connectivity index (χ1v) is 16.8. The van der Waals surface area contributed by atoms with Gasteiger partial charge in [-0.15, -0.1) is 11.3 Å². The Morgan fingerprint density at radius 2 is 1.79 bits per heavy atom. The summed E-state index contributed by atoms with van der Waals surface area (Å²) in [4.78, 5) is 42.4. The van der Waals surface area contributed by atoms with Crippen LogP contribution in [0.3, 0.4) is 0 Å². The summed E-state index contributed by atoms with van der Waals surface area (Å²) in [7, 11) is 1.55. The van der Waals surface area contributed by atoms with E-state index >= 15 is 0 Å². The van der Waals surface area contributed by atoms with Crippen molar-refractivity contribution >= 4 is 46.1 Å². The second-order valence-corrected chi connectivity index (χ2v) is 12.8. The summed E-state index contributed by atoms with van der Waals surface area (Å²) >= 11 is 1.57. The van der Waals surface area contributed by atoms with Crippen LogP contribution in [-0.4, -0.2) is 62.9 Å². The maximum absolute atomic E-state index is 12.7. The highest BCUT2D eigenvalue weighted by Gasteiger charge is 2.24. The lowest BCUT2D eigenvalue weighted by atomic mass is 9.89. The molecule has 1 aliphatic heterocycles. The molecule has 5 heterocycles. The number of methoxy groups -OCH3 is 1. The van der Waals surface area contributed by atoms with Crippen molar-refractivity contribution in [1.82, 2.24) is 24.3 Å². The number of nitrogens with one attached hydrogen (secondary N) is 2. The number of hydrogen-bond acceptors (Lipinski definition) is 8. The average molecular weight is 658 g/mol. The number of aromatic nitrogens is 4. The molecule has 4 aromatic heterocycles. The third-order valence-corrected chi connectivity index (χ3v) is 9.37. The lowest BCUT2D eigenvalue weighted by Crippen LogP contribution is -2.39. The number of anilines is 3. The van der Waals surface area contributed by atoms with Crippen LogP contribution in [0.15, 0.2) is 103 Å². The highest BCUT2D eigenvalue weighted by molar-refractivity contribution is 7.10. The van der Waals surface area contributed by atoms with Crippen LogP contribution in [0.2, 0.25) is 0 Å². The van der Waals surface area contributed by atoms with Crippen LogP contribution in [0.1, 0.15) is 29.2 Å². The minimum atomic E-state index is -0.0666. The van der Waals surface area contributed by atoms with Gasteiger partial charge in [0, 0.05) is 54.4 Å². The zero-order valence-electron chi connectivity index (χ0n) is 26.5. The van der Waals surface area contributed by atoms with Gasteiger partial charge in [0.2, 0.25) is 17.8 Å². The first-order valence-electron chi connectivity index (χ1n) is 15.9. The molecule has 2 N–H and O–H groups in total. The molecular formula is C37H35N7O3S. The molecule has 1 aliphatic rings. The molecule has 48 heavy (non-hydrogen) atoms. The third kappa shape index (κ3) is 6.97. The van der Waals surface area contributed by atoms with E-state index in [1.165, 1.54) is 5.56 Å². The number of hydrogen-bond donors (Lipinski definition) is 2. The smallest absolute Gasteiger partial charge is 0.248 e. The zero-order chi connectivity index (χ0) is 32.9. The fourth-order valence-electron chi connectivity index (χ4n) is 6.19. The Kier molecular flexibility index (Phi) is 9.21. The molecule has 0 atom stereocenters. The predicted molar refractivity (Wildman–Crippen MR) is 188 cm³/mol. The SMILES string of the molecule is COCC(=O)N1CCC(c2cccc(Nc3nccc(-c4c(-c5cccc(NC(=O)Cc6cccs6)c5)nc5ccccn45)n3)c2)CC1. The number of likely N-dealkylation sites (tertiary alicyclic amines) is 1. The Balaban J connectivity index is 1.13. The molecule has 0 bridgehead atoms. The molecule has 1 fully saturated rings. The number of amides is 2. The van der Waals surface area contributed by atoms with Crippen molar-refractivity contribution in [1.29, 1.82) is 0 Å². The fraction of sp³-hybridized carbons (Fsp3) is 0.216. The van der Waals surface area contributed by atoms with Crippen molar-refractivity contribution in [2.45, 2.75) is 25.2 Å². The topological polar surface area (TPSA) is 114 Å². The van der Waals surface area contributed by atoms with Gasteiger partial charge in [0.25, 0.3) is 0 Å². The van der Waals surface area contributed by atoms with Crippen LogP contribution >= 0.6 is 11.3 Å². The van der Waals surface area contributed by atoms with E-state index in [9.17, 15) is 9.59 Å². The van der Waals surface area contributed by atoms with Crippen molar-refractivity contribution in [3.8, 4) is 22.6 Å². The second kappa shape index (κ2) is 14.2. The molecule has 10 nitrogen and oxygen atoms in total. The number of thiophene rings is 1. The normalized spacial score (nSPS) is 13.5. The molecule has 242 valence electrons. The molecule has 0 saturated carbocycles. The Morgan fingerprint density at radius 1 is 0.938 bits per heavy atom. The Hall–Kier alpha value is -5.39. The second-order valence-electron chi connectivity index (χ2n) is 11.7. The molecular weight excluding hydrogens is 623 g/mol. The van der Waals surface area contributed by atoms with Crippen molar-refractivity contribution < 1.29 is 14.3 Å². The summed E-state index contributed by atoms with van der Waals surface area (Å²) in [5.74, 6) is 0.809. The Labute approximate surface area is 282 Å². The Bertz CT molecular complexity index is 2050. The monoisotopic (exact) mass is 657 g/mol. The molecule has 7 rings (SSSR count). The molecule has 2 aromatic carbocycles. The van der Waals surface area contributed by atoms with Crippen molar-refractivity contribution in [2.75, 3.05) is 37.4 Å². The minimum absolute atomic E-state index is 0.0434.